The Morgan fingerprint density at radius 1 is 1.31 bits per heavy atom. The summed E-state index contributed by atoms with van der Waals surface area (Å²) in [6, 6.07) is 2.34. The molecule has 0 rings (SSSR count). The number of nitriles is 1. The average Bonchev–Trinajstić information content (AvgIpc) is 2.10. The van der Waals surface area contributed by atoms with Gasteiger partial charge in [0, 0.05) is 19.3 Å². The van der Waals surface area contributed by atoms with Crippen molar-refractivity contribution in [3.63, 3.8) is 0 Å². The monoisotopic (exact) mass is 201 g/mol. The summed E-state index contributed by atoms with van der Waals surface area (Å²) in [7, 11) is 0.839. The smallest absolute Gasteiger partial charge is 0.0700 e. The SMILES string of the molecule is COCCOCCC(C#N)[SiH](C)C. The molecule has 0 radical (unpaired) electrons. The van der Waals surface area contributed by atoms with E-state index in [-0.39, 0.29) is 5.54 Å². The van der Waals surface area contributed by atoms with Crippen LogP contribution < -0.4 is 0 Å². The Morgan fingerprint density at radius 3 is 2.46 bits per heavy atom. The van der Waals surface area contributed by atoms with E-state index in [2.05, 4.69) is 19.2 Å². The maximum Gasteiger partial charge on any atom is 0.0700 e. The normalized spacial score (nSPS) is 12.8. The summed E-state index contributed by atoms with van der Waals surface area (Å²) in [6.45, 7) is 6.35. The van der Waals surface area contributed by atoms with Gasteiger partial charge in [-0.25, -0.2) is 0 Å². The van der Waals surface area contributed by atoms with Crippen LogP contribution in [0.1, 0.15) is 6.42 Å². The summed E-state index contributed by atoms with van der Waals surface area (Å²) in [6.07, 6.45) is 0.879. The molecular formula is C9H19NO2Si. The van der Waals surface area contributed by atoms with Gasteiger partial charge in [0.05, 0.1) is 28.1 Å². The molecule has 0 aliphatic heterocycles. The lowest BCUT2D eigenvalue weighted by atomic mass is 10.3. The van der Waals surface area contributed by atoms with Crippen LogP contribution in [0.3, 0.4) is 0 Å². The van der Waals surface area contributed by atoms with E-state index >= 15 is 0 Å². The van der Waals surface area contributed by atoms with Crippen LogP contribution in [0.2, 0.25) is 18.6 Å². The topological polar surface area (TPSA) is 42.2 Å². The maximum absolute atomic E-state index is 8.80. The van der Waals surface area contributed by atoms with E-state index in [1.165, 1.54) is 0 Å². The zero-order valence-electron chi connectivity index (χ0n) is 8.75. The minimum atomic E-state index is -0.817. The van der Waals surface area contributed by atoms with E-state index in [9.17, 15) is 0 Å². The summed E-state index contributed by atoms with van der Waals surface area (Å²) in [5.41, 5.74) is 0.252. The van der Waals surface area contributed by atoms with Gasteiger partial charge in [-0.15, -0.1) is 0 Å². The van der Waals surface area contributed by atoms with Crippen molar-refractivity contribution in [2.45, 2.75) is 25.1 Å². The molecule has 0 fully saturated rings. The Labute approximate surface area is 82.3 Å². The van der Waals surface area contributed by atoms with Gasteiger partial charge in [-0.1, -0.05) is 13.1 Å². The molecule has 0 aromatic rings. The third-order valence-electron chi connectivity index (χ3n) is 1.98. The van der Waals surface area contributed by atoms with Gasteiger partial charge in [-0.05, 0) is 6.42 Å². The van der Waals surface area contributed by atoms with Crippen molar-refractivity contribution < 1.29 is 9.47 Å². The predicted octanol–water partition coefficient (Wildman–Crippen LogP) is 1.42. The van der Waals surface area contributed by atoms with Crippen LogP contribution in [0.25, 0.3) is 0 Å². The fourth-order valence-corrected chi connectivity index (χ4v) is 2.10. The fraction of sp³-hybridized carbons (Fsp3) is 0.889. The highest BCUT2D eigenvalue weighted by Gasteiger charge is 2.12. The van der Waals surface area contributed by atoms with E-state index < -0.39 is 8.80 Å². The molecule has 76 valence electrons. The second kappa shape index (κ2) is 8.24. The molecule has 1 atom stereocenters. The molecule has 3 nitrogen and oxygen atoms in total. The Bertz CT molecular complexity index is 156. The van der Waals surface area contributed by atoms with Crippen molar-refractivity contribution in [2.75, 3.05) is 26.9 Å². The summed E-state index contributed by atoms with van der Waals surface area (Å²) in [5.74, 6) is 0. The molecule has 0 amide bonds. The van der Waals surface area contributed by atoms with E-state index in [1.807, 2.05) is 0 Å². The standard InChI is InChI=1S/C9H19NO2Si/c1-11-6-7-12-5-4-9(8-10)13(2)3/h9,13H,4-7H2,1-3H3. The van der Waals surface area contributed by atoms with Crippen LogP contribution in [0.4, 0.5) is 0 Å². The van der Waals surface area contributed by atoms with Crippen molar-refractivity contribution in [1.29, 1.82) is 5.26 Å². The molecule has 0 aromatic heterocycles. The number of nitrogens with zero attached hydrogens (tertiary/aromatic N) is 1. The van der Waals surface area contributed by atoms with Crippen molar-refractivity contribution in [2.24, 2.45) is 0 Å². The molecule has 0 spiro atoms. The lowest BCUT2D eigenvalue weighted by Crippen LogP contribution is -2.13. The van der Waals surface area contributed by atoms with E-state index in [0.29, 0.717) is 19.8 Å². The van der Waals surface area contributed by atoms with Crippen LogP contribution >= 0.6 is 0 Å². The molecule has 13 heavy (non-hydrogen) atoms. The number of hydrogen-bond donors (Lipinski definition) is 0. The lowest BCUT2D eigenvalue weighted by Gasteiger charge is -2.11. The second-order valence-corrected chi connectivity index (χ2v) is 6.67. The van der Waals surface area contributed by atoms with Crippen molar-refractivity contribution in [1.82, 2.24) is 0 Å². The van der Waals surface area contributed by atoms with Gasteiger partial charge in [0.2, 0.25) is 0 Å². The first-order valence-electron chi connectivity index (χ1n) is 4.68. The molecule has 0 bridgehead atoms. The second-order valence-electron chi connectivity index (χ2n) is 3.37. The molecule has 0 heterocycles. The van der Waals surface area contributed by atoms with Crippen LogP contribution in [-0.4, -0.2) is 35.7 Å². The van der Waals surface area contributed by atoms with Crippen LogP contribution in [0, 0.1) is 11.3 Å². The van der Waals surface area contributed by atoms with Gasteiger partial charge < -0.3 is 9.47 Å². The van der Waals surface area contributed by atoms with Gasteiger partial charge in [-0.2, -0.15) is 5.26 Å². The summed E-state index contributed by atoms with van der Waals surface area (Å²) >= 11 is 0. The fourth-order valence-electron chi connectivity index (χ4n) is 1.00. The lowest BCUT2D eigenvalue weighted by molar-refractivity contribution is 0.0698. The molecule has 0 aromatic carbocycles. The molecule has 0 aliphatic rings. The number of methoxy groups -OCH3 is 1. The van der Waals surface area contributed by atoms with E-state index in [0.717, 1.165) is 6.42 Å². The molecule has 0 aliphatic carbocycles. The number of hydrogen-bond acceptors (Lipinski definition) is 3. The van der Waals surface area contributed by atoms with Crippen LogP contribution in [-0.2, 0) is 9.47 Å². The quantitative estimate of drug-likeness (QED) is 0.462. The Morgan fingerprint density at radius 2 is 2.00 bits per heavy atom. The highest BCUT2D eigenvalue weighted by molar-refractivity contribution is 6.58. The summed E-state index contributed by atoms with van der Waals surface area (Å²) in [4.78, 5) is 0. The predicted molar refractivity (Wildman–Crippen MR) is 55.6 cm³/mol. The van der Waals surface area contributed by atoms with Crippen molar-refractivity contribution >= 4 is 8.80 Å². The minimum Gasteiger partial charge on any atom is -0.382 e. The highest BCUT2D eigenvalue weighted by atomic mass is 28.3. The molecule has 0 N–H and O–H groups in total. The van der Waals surface area contributed by atoms with Gasteiger partial charge in [0.25, 0.3) is 0 Å². The van der Waals surface area contributed by atoms with E-state index in [1.54, 1.807) is 7.11 Å². The van der Waals surface area contributed by atoms with Crippen LogP contribution in [0.15, 0.2) is 0 Å². The van der Waals surface area contributed by atoms with Gasteiger partial charge in [-0.3, -0.25) is 0 Å². The largest absolute Gasteiger partial charge is 0.382 e. The molecule has 1 unspecified atom stereocenters. The number of ether oxygens (including phenoxy) is 2. The third-order valence-corrected chi connectivity index (χ3v) is 4.07. The molecule has 0 saturated heterocycles. The molecular weight excluding hydrogens is 182 g/mol. The van der Waals surface area contributed by atoms with Crippen molar-refractivity contribution in [3.8, 4) is 6.07 Å². The zero-order valence-corrected chi connectivity index (χ0v) is 9.90. The van der Waals surface area contributed by atoms with Crippen molar-refractivity contribution in [3.05, 3.63) is 0 Å². The first-order valence-corrected chi connectivity index (χ1v) is 7.66. The van der Waals surface area contributed by atoms with Gasteiger partial charge in [0.15, 0.2) is 0 Å². The summed E-state index contributed by atoms with van der Waals surface area (Å²) < 4.78 is 10.1. The van der Waals surface area contributed by atoms with E-state index in [4.69, 9.17) is 14.7 Å². The Hall–Kier alpha value is -0.373. The summed E-state index contributed by atoms with van der Waals surface area (Å²) in [5, 5.41) is 8.80. The number of rotatable bonds is 7. The zero-order chi connectivity index (χ0) is 10.1. The maximum atomic E-state index is 8.80. The Kier molecular flexibility index (Phi) is 8.00. The Balaban J connectivity index is 3.35. The molecule has 0 saturated carbocycles. The highest BCUT2D eigenvalue weighted by Crippen LogP contribution is 2.13. The van der Waals surface area contributed by atoms with Gasteiger partial charge >= 0.3 is 0 Å². The van der Waals surface area contributed by atoms with Crippen LogP contribution in [0.5, 0.6) is 0 Å². The minimum absolute atomic E-state index is 0.252. The first kappa shape index (κ1) is 12.6. The first-order chi connectivity index (χ1) is 6.22. The van der Waals surface area contributed by atoms with Gasteiger partial charge in [0.1, 0.15) is 0 Å². The third kappa shape index (κ3) is 6.76. The molecule has 4 heteroatoms. The average molecular weight is 201 g/mol.